The number of imidazole rings is 1. The summed E-state index contributed by atoms with van der Waals surface area (Å²) >= 11 is 0. The van der Waals surface area contributed by atoms with E-state index in [0.29, 0.717) is 29.7 Å². The highest BCUT2D eigenvalue weighted by atomic mass is 16.2. The molecule has 1 unspecified atom stereocenters. The SMILES string of the molecule is N=C(N)NCCC[C@@H]1NC(=O)C(c2ccccc2)NC(=O)[C@H](Cc2c[nH]cn2)NC(=O)[C@@H](NC(=O)C2CCCCC2)CCC(=O)NCC[C@@H](C(=O)N[C@@H](Cc2c[nH]c3ccccc23)C(N)=O)NC1=O. The largest absolute Gasteiger partial charge is 0.370 e. The summed E-state index contributed by atoms with van der Waals surface area (Å²) in [6.07, 6.45) is 7.99. The standard InChI is InChI=1S/C47H62N14O8/c48-40(63)36(22-29-24-54-32-15-8-7-14-31(29)32)59-44(67)35-19-21-52-38(62)18-17-34(56-41(64)28-12-5-2-6-13-28)43(66)60-37(23-30-25-51-26-55-30)45(68)61-39(27-10-3-1-4-11-27)46(69)58-33(42(65)57-35)16-9-20-53-47(49)50/h1,3-4,7-8,10-11,14-15,24-26,28,33-37,39,54H,2,5-6,9,12-13,16-23H2,(H2,48,63)(H,51,55)(H,52,62)(H,56,64)(H,57,65)(H,58,69)(H,59,67)(H,60,66)(H,61,68)(H4,49,50,53)/t33-,34-,35-,36-,37-,39?/m0/s1. The Kier molecular flexibility index (Phi) is 18.2. The van der Waals surface area contributed by atoms with Gasteiger partial charge in [0.15, 0.2) is 5.96 Å². The summed E-state index contributed by atoms with van der Waals surface area (Å²) < 4.78 is 0. The second-order valence-corrected chi connectivity index (χ2v) is 17.4. The average molecular weight is 951 g/mol. The van der Waals surface area contributed by atoms with E-state index in [2.05, 4.69) is 57.5 Å². The number of rotatable bonds is 14. The van der Waals surface area contributed by atoms with Gasteiger partial charge in [-0.05, 0) is 55.7 Å². The summed E-state index contributed by atoms with van der Waals surface area (Å²) in [5, 5.41) is 30.2. The van der Waals surface area contributed by atoms with E-state index in [4.69, 9.17) is 16.9 Å². The quantitative estimate of drug-likeness (QED) is 0.0438. The molecule has 8 amide bonds. The Bertz CT molecular complexity index is 2440. The minimum absolute atomic E-state index is 0.00546. The fraction of sp³-hybridized carbons (Fsp3) is 0.447. The maximum absolute atomic E-state index is 14.5. The van der Waals surface area contributed by atoms with Crippen molar-refractivity contribution in [1.82, 2.24) is 57.5 Å². The van der Waals surface area contributed by atoms with Crippen molar-refractivity contribution < 1.29 is 38.4 Å². The maximum atomic E-state index is 14.5. The molecule has 2 aromatic carbocycles. The molecule has 1 aliphatic carbocycles. The summed E-state index contributed by atoms with van der Waals surface area (Å²) in [5.74, 6) is -6.40. The third-order valence-corrected chi connectivity index (χ3v) is 12.3. The summed E-state index contributed by atoms with van der Waals surface area (Å²) in [4.78, 5) is 122. The molecule has 22 nitrogen and oxygen atoms in total. The number of guanidine groups is 1. The summed E-state index contributed by atoms with van der Waals surface area (Å²) in [5.41, 5.74) is 13.5. The first-order valence-electron chi connectivity index (χ1n) is 23.3. The molecular formula is C47H62N14O8. The Hall–Kier alpha value is -7.78. The van der Waals surface area contributed by atoms with Crippen LogP contribution in [0.5, 0.6) is 0 Å². The van der Waals surface area contributed by atoms with Gasteiger partial charge >= 0.3 is 0 Å². The number of benzene rings is 2. The molecule has 2 fully saturated rings. The Labute approximate surface area is 398 Å². The highest BCUT2D eigenvalue weighted by Gasteiger charge is 2.35. The van der Waals surface area contributed by atoms with E-state index < -0.39 is 77.6 Å². The lowest BCUT2D eigenvalue weighted by Gasteiger charge is -2.28. The van der Waals surface area contributed by atoms with Gasteiger partial charge in [-0.3, -0.25) is 43.8 Å². The first kappa shape index (κ1) is 50.6. The summed E-state index contributed by atoms with van der Waals surface area (Å²) in [7, 11) is 0. The van der Waals surface area contributed by atoms with Gasteiger partial charge in [-0.25, -0.2) is 4.98 Å². The van der Waals surface area contributed by atoms with Crippen LogP contribution in [0.15, 0.2) is 73.3 Å². The van der Waals surface area contributed by atoms with Gasteiger partial charge in [0.2, 0.25) is 47.3 Å². The number of carbonyl (C=O) groups is 8. The number of aromatic nitrogens is 3. The van der Waals surface area contributed by atoms with Crippen LogP contribution in [0.2, 0.25) is 0 Å². The van der Waals surface area contributed by atoms with E-state index in [1.54, 1.807) is 36.5 Å². The molecule has 2 aromatic heterocycles. The van der Waals surface area contributed by atoms with Crippen LogP contribution in [0.3, 0.4) is 0 Å². The van der Waals surface area contributed by atoms with Crippen molar-refractivity contribution >= 4 is 64.1 Å². The molecule has 2 aliphatic rings. The van der Waals surface area contributed by atoms with E-state index in [1.807, 2.05) is 24.3 Å². The number of amides is 8. The molecule has 15 N–H and O–H groups in total. The summed E-state index contributed by atoms with van der Waals surface area (Å²) in [6.45, 7) is -0.0411. The van der Waals surface area contributed by atoms with Crippen LogP contribution in [0.1, 0.15) is 87.1 Å². The van der Waals surface area contributed by atoms with Crippen LogP contribution in [-0.4, -0.2) is 111 Å². The number of primary amides is 1. The smallest absolute Gasteiger partial charge is 0.247 e. The highest BCUT2D eigenvalue weighted by molar-refractivity contribution is 5.98. The van der Waals surface area contributed by atoms with Gasteiger partial charge in [0.1, 0.15) is 36.3 Å². The Morgan fingerprint density at radius 2 is 1.51 bits per heavy atom. The fourth-order valence-corrected chi connectivity index (χ4v) is 8.53. The highest BCUT2D eigenvalue weighted by Crippen LogP contribution is 2.24. The van der Waals surface area contributed by atoms with Gasteiger partial charge < -0.3 is 64.0 Å². The van der Waals surface area contributed by atoms with Crippen LogP contribution in [-0.2, 0) is 51.2 Å². The van der Waals surface area contributed by atoms with Crippen LogP contribution in [0, 0.1) is 11.3 Å². The Morgan fingerprint density at radius 1 is 0.783 bits per heavy atom. The van der Waals surface area contributed by atoms with Crippen LogP contribution < -0.4 is 54.0 Å². The van der Waals surface area contributed by atoms with Crippen molar-refractivity contribution in [2.24, 2.45) is 17.4 Å². The number of nitrogens with zero attached hydrogens (tertiary/aromatic N) is 1. The van der Waals surface area contributed by atoms with Gasteiger partial charge in [-0.2, -0.15) is 0 Å². The monoisotopic (exact) mass is 950 g/mol. The van der Waals surface area contributed by atoms with Gasteiger partial charge in [0.25, 0.3) is 0 Å². The van der Waals surface area contributed by atoms with Gasteiger partial charge in [-0.15, -0.1) is 0 Å². The lowest BCUT2D eigenvalue weighted by molar-refractivity contribution is -0.136. The zero-order chi connectivity index (χ0) is 49.3. The van der Waals surface area contributed by atoms with Crippen LogP contribution in [0.4, 0.5) is 0 Å². The second kappa shape index (κ2) is 24.8. The molecule has 1 saturated carbocycles. The number of fused-ring (bicyclic) bond motifs is 1. The lowest BCUT2D eigenvalue weighted by Crippen LogP contribution is -2.58. The van der Waals surface area contributed by atoms with Crippen molar-refractivity contribution in [2.45, 2.75) is 113 Å². The minimum Gasteiger partial charge on any atom is -0.370 e. The van der Waals surface area contributed by atoms with Gasteiger partial charge in [0, 0.05) is 61.6 Å². The normalized spacial score (nSPS) is 21.9. The molecule has 1 saturated heterocycles. The number of hydrogen-bond donors (Lipinski definition) is 13. The van der Waals surface area contributed by atoms with E-state index in [1.165, 1.54) is 12.5 Å². The summed E-state index contributed by atoms with van der Waals surface area (Å²) in [6, 6.07) is 7.56. The number of hydrogen-bond acceptors (Lipinski definition) is 10. The van der Waals surface area contributed by atoms with Crippen molar-refractivity contribution in [1.29, 1.82) is 5.41 Å². The number of carbonyl (C=O) groups excluding carboxylic acids is 8. The Morgan fingerprint density at radius 3 is 2.23 bits per heavy atom. The van der Waals surface area contributed by atoms with Crippen molar-refractivity contribution in [2.75, 3.05) is 13.1 Å². The zero-order valence-electron chi connectivity index (χ0n) is 38.2. The molecule has 6 rings (SSSR count). The number of nitrogens with one attached hydrogen (secondary N) is 11. The molecule has 1 aliphatic heterocycles. The molecule has 0 bridgehead atoms. The molecule has 69 heavy (non-hydrogen) atoms. The molecule has 22 heteroatoms. The topological polar surface area (TPSA) is 353 Å². The first-order chi connectivity index (χ1) is 33.2. The number of aromatic amines is 2. The third-order valence-electron chi connectivity index (χ3n) is 12.3. The molecule has 6 atom stereocenters. The molecule has 0 radical (unpaired) electrons. The van der Waals surface area contributed by atoms with Crippen molar-refractivity contribution in [3.8, 4) is 0 Å². The lowest BCUT2D eigenvalue weighted by atomic mass is 9.88. The minimum atomic E-state index is -1.44. The molecule has 4 aromatic rings. The number of H-pyrrole nitrogens is 2. The molecule has 3 heterocycles. The van der Waals surface area contributed by atoms with Gasteiger partial charge in [0.05, 0.1) is 12.0 Å². The second-order valence-electron chi connectivity index (χ2n) is 17.4. The van der Waals surface area contributed by atoms with Crippen molar-refractivity contribution in [3.05, 3.63) is 90.1 Å². The van der Waals surface area contributed by atoms with E-state index >= 15 is 0 Å². The number of para-hydroxylation sites is 1. The molecule has 368 valence electrons. The zero-order valence-corrected chi connectivity index (χ0v) is 38.2. The third kappa shape index (κ3) is 14.9. The predicted molar refractivity (Wildman–Crippen MR) is 253 cm³/mol. The average Bonchev–Trinajstić information content (AvgIpc) is 4.02. The van der Waals surface area contributed by atoms with Crippen molar-refractivity contribution in [3.63, 3.8) is 0 Å². The number of nitrogens with two attached hydrogens (primary N) is 2. The molecule has 0 spiro atoms. The van der Waals surface area contributed by atoms with Crippen LogP contribution >= 0.6 is 0 Å². The van der Waals surface area contributed by atoms with E-state index in [9.17, 15) is 38.4 Å². The van der Waals surface area contributed by atoms with Gasteiger partial charge in [-0.1, -0.05) is 67.8 Å². The van der Waals surface area contributed by atoms with E-state index in [-0.39, 0.29) is 75.8 Å². The van der Waals surface area contributed by atoms with E-state index in [0.717, 1.165) is 30.2 Å². The maximum Gasteiger partial charge on any atom is 0.247 e. The molecular weight excluding hydrogens is 889 g/mol. The predicted octanol–water partition coefficient (Wildman–Crippen LogP) is -0.413. The first-order valence-corrected chi connectivity index (χ1v) is 23.3. The Balaban J connectivity index is 1.32. The van der Waals surface area contributed by atoms with Crippen LogP contribution in [0.25, 0.3) is 10.9 Å². The fourth-order valence-electron chi connectivity index (χ4n) is 8.53.